The van der Waals surface area contributed by atoms with E-state index in [0.717, 1.165) is 13.2 Å². The van der Waals surface area contributed by atoms with Crippen LogP contribution in [-0.4, -0.2) is 120 Å². The minimum absolute atomic E-state index is 0.231. The molecule has 0 saturated carbocycles. The highest BCUT2D eigenvalue weighted by Gasteiger charge is 2.30. The minimum atomic E-state index is -2.27. The Labute approximate surface area is 193 Å². The maximum Gasteiger partial charge on any atom is 0.335 e. The number of nitrogens with zero attached hydrogens (tertiary/aromatic N) is 1. The number of likely N-dealkylation sites (N-methyl/N-ethyl adjacent to an activating group) is 1. The van der Waals surface area contributed by atoms with Gasteiger partial charge in [-0.15, -0.1) is 0 Å². The van der Waals surface area contributed by atoms with Gasteiger partial charge in [-0.1, -0.05) is 30.3 Å². The Morgan fingerprint density at radius 2 is 1.15 bits per heavy atom. The minimum Gasteiger partial charge on any atom is -0.479 e. The summed E-state index contributed by atoms with van der Waals surface area (Å²) in [7, 11) is 2.16. The van der Waals surface area contributed by atoms with Gasteiger partial charge in [-0.05, 0) is 19.5 Å². The van der Waals surface area contributed by atoms with Crippen LogP contribution in [0.4, 0.5) is 0 Å². The Kier molecular flexibility index (Phi) is 13.5. The predicted molar refractivity (Wildman–Crippen MR) is 112 cm³/mol. The van der Waals surface area contributed by atoms with Crippen molar-refractivity contribution in [3.05, 3.63) is 35.9 Å². The van der Waals surface area contributed by atoms with E-state index in [-0.39, 0.29) is 6.10 Å². The standard InChI is InChI=1S/C12H17NO.2C4H6O6/c1-10-12(14-9-8-13(10)2)11-6-4-3-5-7-11;2*5-1(3(7)8)2(6)4(9)10/h3-7,10,12H,8-9H2,1-2H3;2*1-2,5-6H,(H,7,8)(H,9,10). The molecule has 1 fully saturated rings. The average Bonchev–Trinajstić information content (AvgIpc) is 2.79. The van der Waals surface area contributed by atoms with Crippen molar-refractivity contribution in [2.24, 2.45) is 0 Å². The van der Waals surface area contributed by atoms with E-state index in [4.69, 9.17) is 45.6 Å². The fraction of sp³-hybridized carbons (Fsp3) is 0.500. The van der Waals surface area contributed by atoms with Crippen LogP contribution in [-0.2, 0) is 23.9 Å². The topological polar surface area (TPSA) is 243 Å². The third-order valence-corrected chi connectivity index (χ3v) is 4.61. The third-order valence-electron chi connectivity index (χ3n) is 4.61. The van der Waals surface area contributed by atoms with Gasteiger partial charge in [-0.2, -0.15) is 0 Å². The summed E-state index contributed by atoms with van der Waals surface area (Å²) in [5.74, 6) is -7.07. The second-order valence-electron chi connectivity index (χ2n) is 7.06. The zero-order chi connectivity index (χ0) is 26.6. The molecule has 1 aromatic rings. The lowest BCUT2D eigenvalue weighted by molar-refractivity contribution is -0.165. The van der Waals surface area contributed by atoms with Crippen molar-refractivity contribution in [3.63, 3.8) is 0 Å². The highest BCUT2D eigenvalue weighted by Crippen LogP contribution is 2.26. The molecule has 14 nitrogen and oxygen atoms in total. The number of hydrogen-bond acceptors (Lipinski definition) is 10. The fourth-order valence-electron chi connectivity index (χ4n) is 2.46. The largest absolute Gasteiger partial charge is 0.479 e. The van der Waals surface area contributed by atoms with E-state index in [0.29, 0.717) is 6.04 Å². The van der Waals surface area contributed by atoms with Gasteiger partial charge in [0.05, 0.1) is 12.7 Å². The van der Waals surface area contributed by atoms with E-state index in [1.54, 1.807) is 0 Å². The summed E-state index contributed by atoms with van der Waals surface area (Å²) in [4.78, 5) is 41.4. The molecule has 1 aliphatic heterocycles. The molecule has 192 valence electrons. The summed E-state index contributed by atoms with van der Waals surface area (Å²) in [5, 5.41) is 65.1. The zero-order valence-electron chi connectivity index (χ0n) is 18.3. The normalized spacial score (nSPS) is 21.2. The molecular weight excluding hydrogens is 462 g/mol. The Hall–Kier alpha value is -3.14. The first-order valence-electron chi connectivity index (χ1n) is 9.72. The molecule has 0 bridgehead atoms. The summed E-state index contributed by atoms with van der Waals surface area (Å²) in [6.07, 6.45) is -8.83. The maximum absolute atomic E-state index is 9.77. The molecule has 14 heteroatoms. The molecule has 2 rings (SSSR count). The molecule has 8 N–H and O–H groups in total. The Balaban J connectivity index is 0.000000495. The van der Waals surface area contributed by atoms with Crippen LogP contribution in [0.1, 0.15) is 18.6 Å². The van der Waals surface area contributed by atoms with Gasteiger partial charge in [0.1, 0.15) is 0 Å². The van der Waals surface area contributed by atoms with E-state index >= 15 is 0 Å². The van der Waals surface area contributed by atoms with Crippen molar-refractivity contribution >= 4 is 23.9 Å². The summed E-state index contributed by atoms with van der Waals surface area (Å²) in [6, 6.07) is 10.9. The fourth-order valence-corrected chi connectivity index (χ4v) is 2.46. The van der Waals surface area contributed by atoms with Gasteiger partial charge in [0.15, 0.2) is 24.4 Å². The first-order valence-corrected chi connectivity index (χ1v) is 9.72. The SMILES string of the molecule is CC1C(c2ccccc2)OCCN1C.O=C(O)C(O)C(O)C(=O)O.O=C(O)C(O)C(O)C(=O)O. The third kappa shape index (κ3) is 10.2. The number of hydrogen-bond donors (Lipinski definition) is 8. The molecule has 1 heterocycles. The summed E-state index contributed by atoms with van der Waals surface area (Å²) >= 11 is 0. The second-order valence-corrected chi connectivity index (χ2v) is 7.06. The highest BCUT2D eigenvalue weighted by atomic mass is 16.5. The first-order chi connectivity index (χ1) is 15.7. The lowest BCUT2D eigenvalue weighted by Crippen LogP contribution is -2.42. The van der Waals surface area contributed by atoms with Crippen LogP contribution in [0.3, 0.4) is 0 Å². The quantitative estimate of drug-likeness (QED) is 0.202. The van der Waals surface area contributed by atoms with E-state index in [2.05, 4.69) is 43.1 Å². The van der Waals surface area contributed by atoms with Crippen molar-refractivity contribution in [1.82, 2.24) is 4.90 Å². The smallest absolute Gasteiger partial charge is 0.335 e. The number of benzene rings is 1. The molecule has 1 aliphatic rings. The van der Waals surface area contributed by atoms with Gasteiger partial charge in [0.25, 0.3) is 0 Å². The van der Waals surface area contributed by atoms with Gasteiger partial charge in [-0.25, -0.2) is 19.2 Å². The molecular formula is C20H29NO13. The molecule has 1 saturated heterocycles. The van der Waals surface area contributed by atoms with Crippen molar-refractivity contribution in [3.8, 4) is 0 Å². The molecule has 0 amide bonds. The van der Waals surface area contributed by atoms with E-state index < -0.39 is 48.3 Å². The lowest BCUT2D eigenvalue weighted by Gasteiger charge is -2.37. The number of carboxylic acid groups (broad SMARTS) is 4. The van der Waals surface area contributed by atoms with Crippen molar-refractivity contribution in [1.29, 1.82) is 0 Å². The van der Waals surface area contributed by atoms with E-state index in [1.165, 1.54) is 5.56 Å². The summed E-state index contributed by atoms with van der Waals surface area (Å²) < 4.78 is 5.80. The van der Waals surface area contributed by atoms with Crippen molar-refractivity contribution in [2.45, 2.75) is 43.5 Å². The van der Waals surface area contributed by atoms with Gasteiger partial charge in [0, 0.05) is 12.6 Å². The number of morpholine rings is 1. The predicted octanol–water partition coefficient (Wildman–Crippen LogP) is -2.17. The number of carboxylic acids is 4. The van der Waals surface area contributed by atoms with Crippen LogP contribution in [0, 0.1) is 0 Å². The molecule has 0 radical (unpaired) electrons. The molecule has 0 spiro atoms. The van der Waals surface area contributed by atoms with Crippen molar-refractivity contribution < 1.29 is 64.8 Å². The lowest BCUT2D eigenvalue weighted by atomic mass is 10.0. The summed E-state index contributed by atoms with van der Waals surface area (Å²) in [6.45, 7) is 4.09. The number of ether oxygens (including phenoxy) is 1. The van der Waals surface area contributed by atoms with E-state index in [1.807, 2.05) is 6.07 Å². The molecule has 1 aromatic carbocycles. The van der Waals surface area contributed by atoms with Gasteiger partial charge >= 0.3 is 23.9 Å². The van der Waals surface area contributed by atoms with Crippen LogP contribution in [0.2, 0.25) is 0 Å². The number of aliphatic hydroxyl groups is 4. The van der Waals surface area contributed by atoms with Gasteiger partial charge in [0.2, 0.25) is 0 Å². The first kappa shape index (κ1) is 30.9. The van der Waals surface area contributed by atoms with Crippen LogP contribution < -0.4 is 0 Å². The van der Waals surface area contributed by atoms with Gasteiger partial charge < -0.3 is 45.6 Å². The molecule has 0 aliphatic carbocycles. The highest BCUT2D eigenvalue weighted by molar-refractivity contribution is 5.83. The van der Waals surface area contributed by atoms with Gasteiger partial charge in [-0.3, -0.25) is 4.90 Å². The Morgan fingerprint density at radius 3 is 1.47 bits per heavy atom. The monoisotopic (exact) mass is 491 g/mol. The number of aliphatic hydroxyl groups excluding tert-OH is 4. The van der Waals surface area contributed by atoms with Crippen LogP contribution in [0.5, 0.6) is 0 Å². The number of aliphatic carboxylic acids is 4. The van der Waals surface area contributed by atoms with Crippen LogP contribution in [0.25, 0.3) is 0 Å². The average molecular weight is 491 g/mol. The number of carbonyl (C=O) groups is 4. The molecule has 0 aromatic heterocycles. The molecule has 6 unspecified atom stereocenters. The Morgan fingerprint density at radius 1 is 0.794 bits per heavy atom. The van der Waals surface area contributed by atoms with Crippen LogP contribution >= 0.6 is 0 Å². The Bertz CT molecular complexity index is 731. The second kappa shape index (κ2) is 14.9. The summed E-state index contributed by atoms with van der Waals surface area (Å²) in [5.41, 5.74) is 1.28. The van der Waals surface area contributed by atoms with Crippen molar-refractivity contribution in [2.75, 3.05) is 20.2 Å². The maximum atomic E-state index is 9.77. The molecule has 34 heavy (non-hydrogen) atoms. The van der Waals surface area contributed by atoms with E-state index in [9.17, 15) is 19.2 Å². The molecule has 6 atom stereocenters. The zero-order valence-corrected chi connectivity index (χ0v) is 18.3. The number of rotatable bonds is 7. The van der Waals surface area contributed by atoms with Crippen LogP contribution in [0.15, 0.2) is 30.3 Å².